The van der Waals surface area contributed by atoms with Crippen molar-refractivity contribution in [3.05, 3.63) is 24.0 Å². The van der Waals surface area contributed by atoms with E-state index in [1.165, 1.54) is 11.9 Å². The first-order valence-corrected chi connectivity index (χ1v) is 8.51. The maximum absolute atomic E-state index is 11.6. The fourth-order valence-electron chi connectivity index (χ4n) is 3.34. The highest BCUT2D eigenvalue weighted by molar-refractivity contribution is 7.88. The minimum atomic E-state index is -3.01. The van der Waals surface area contributed by atoms with Gasteiger partial charge in [0.1, 0.15) is 0 Å². The number of nitrogens with zero attached hydrogens (tertiary/aromatic N) is 3. The lowest BCUT2D eigenvalue weighted by Crippen LogP contribution is -2.57. The molecule has 106 valence electrons. The van der Waals surface area contributed by atoms with Crippen LogP contribution in [-0.2, 0) is 23.6 Å². The Kier molecular flexibility index (Phi) is 2.99. The lowest BCUT2D eigenvalue weighted by atomic mass is 9.79. The normalized spacial score (nSPS) is 23.9. The first-order chi connectivity index (χ1) is 8.88. The highest BCUT2D eigenvalue weighted by Gasteiger charge is 2.49. The first-order valence-electron chi connectivity index (χ1n) is 6.66. The van der Waals surface area contributed by atoms with Crippen molar-refractivity contribution in [1.29, 1.82) is 0 Å². The average Bonchev–Trinajstić information content (AvgIpc) is 2.85. The standard InChI is InChI=1S/C13H21N3O2S/c1-14-6-3-4-12(14)8-15-9-13(10-15)5-7-16(11-13)19(2,17)18/h3-4,6H,5,7-11H2,1-2H3. The van der Waals surface area contributed by atoms with E-state index in [1.54, 1.807) is 4.31 Å². The van der Waals surface area contributed by atoms with Crippen LogP contribution in [0.25, 0.3) is 0 Å². The Morgan fingerprint density at radius 3 is 2.58 bits per heavy atom. The fraction of sp³-hybridized carbons (Fsp3) is 0.692. The molecular weight excluding hydrogens is 262 g/mol. The molecule has 3 heterocycles. The first kappa shape index (κ1) is 13.1. The summed E-state index contributed by atoms with van der Waals surface area (Å²) < 4.78 is 26.9. The maximum Gasteiger partial charge on any atom is 0.211 e. The molecule has 3 rings (SSSR count). The molecule has 1 aromatic rings. The van der Waals surface area contributed by atoms with Crippen molar-refractivity contribution in [2.75, 3.05) is 32.4 Å². The Morgan fingerprint density at radius 1 is 1.32 bits per heavy atom. The van der Waals surface area contributed by atoms with Gasteiger partial charge in [0.2, 0.25) is 10.0 Å². The summed E-state index contributed by atoms with van der Waals surface area (Å²) in [5, 5.41) is 0. The van der Waals surface area contributed by atoms with Gasteiger partial charge in [-0.3, -0.25) is 4.90 Å². The molecule has 0 aromatic carbocycles. The number of likely N-dealkylation sites (tertiary alicyclic amines) is 1. The predicted octanol–water partition coefficient (Wildman–Crippen LogP) is 0.492. The summed E-state index contributed by atoms with van der Waals surface area (Å²) in [6.45, 7) is 4.39. The molecule has 0 aliphatic carbocycles. The second-order valence-electron chi connectivity index (χ2n) is 6.10. The average molecular weight is 283 g/mol. The van der Waals surface area contributed by atoms with Crippen LogP contribution >= 0.6 is 0 Å². The smallest absolute Gasteiger partial charge is 0.211 e. The molecule has 0 radical (unpaired) electrons. The van der Waals surface area contributed by atoms with Crippen LogP contribution in [0, 0.1) is 5.41 Å². The van der Waals surface area contributed by atoms with Crippen LogP contribution in [0.2, 0.25) is 0 Å². The van der Waals surface area contributed by atoms with Gasteiger partial charge < -0.3 is 4.57 Å². The number of rotatable bonds is 3. The predicted molar refractivity (Wildman–Crippen MR) is 74.2 cm³/mol. The molecule has 19 heavy (non-hydrogen) atoms. The topological polar surface area (TPSA) is 45.5 Å². The Bertz CT molecular complexity index is 572. The van der Waals surface area contributed by atoms with Gasteiger partial charge in [-0.05, 0) is 18.6 Å². The van der Waals surface area contributed by atoms with Gasteiger partial charge in [-0.2, -0.15) is 0 Å². The zero-order valence-corrected chi connectivity index (χ0v) is 12.4. The van der Waals surface area contributed by atoms with Crippen LogP contribution in [0.3, 0.4) is 0 Å². The molecule has 2 fully saturated rings. The number of aryl methyl sites for hydroxylation is 1. The van der Waals surface area contributed by atoms with E-state index in [9.17, 15) is 8.42 Å². The van der Waals surface area contributed by atoms with Gasteiger partial charge in [-0.15, -0.1) is 0 Å². The van der Waals surface area contributed by atoms with Gasteiger partial charge in [-0.25, -0.2) is 12.7 Å². The second-order valence-corrected chi connectivity index (χ2v) is 8.08. The zero-order valence-electron chi connectivity index (χ0n) is 11.5. The third kappa shape index (κ3) is 2.44. The fourth-order valence-corrected chi connectivity index (χ4v) is 4.27. The molecule has 0 atom stereocenters. The minimum Gasteiger partial charge on any atom is -0.353 e. The van der Waals surface area contributed by atoms with Gasteiger partial charge in [0.05, 0.1) is 6.26 Å². The lowest BCUT2D eigenvalue weighted by molar-refractivity contribution is 0.00509. The third-order valence-corrected chi connectivity index (χ3v) is 5.68. The van der Waals surface area contributed by atoms with E-state index in [1.807, 2.05) is 0 Å². The molecule has 1 spiro atoms. The zero-order chi connectivity index (χ0) is 13.7. The monoisotopic (exact) mass is 283 g/mol. The van der Waals surface area contributed by atoms with Crippen molar-refractivity contribution in [3.8, 4) is 0 Å². The number of hydrogen-bond acceptors (Lipinski definition) is 3. The lowest BCUT2D eigenvalue weighted by Gasteiger charge is -2.48. The van der Waals surface area contributed by atoms with Crippen molar-refractivity contribution in [1.82, 2.24) is 13.8 Å². The van der Waals surface area contributed by atoms with E-state index >= 15 is 0 Å². The molecule has 5 nitrogen and oxygen atoms in total. The maximum atomic E-state index is 11.6. The highest BCUT2D eigenvalue weighted by atomic mass is 32.2. The Hall–Kier alpha value is -0.850. The summed E-state index contributed by atoms with van der Waals surface area (Å²) in [6, 6.07) is 4.20. The summed E-state index contributed by atoms with van der Waals surface area (Å²) in [5.74, 6) is 0. The van der Waals surface area contributed by atoms with E-state index in [2.05, 4.69) is 34.8 Å². The van der Waals surface area contributed by atoms with E-state index in [0.717, 1.165) is 26.1 Å². The number of hydrogen-bond donors (Lipinski definition) is 0. The van der Waals surface area contributed by atoms with Crippen molar-refractivity contribution in [2.45, 2.75) is 13.0 Å². The van der Waals surface area contributed by atoms with E-state index in [-0.39, 0.29) is 5.41 Å². The Morgan fingerprint density at radius 2 is 2.05 bits per heavy atom. The summed E-state index contributed by atoms with van der Waals surface area (Å²) in [4.78, 5) is 2.40. The SMILES string of the molecule is Cn1cccc1CN1CC2(CCN(S(C)(=O)=O)C2)C1. The summed E-state index contributed by atoms with van der Waals surface area (Å²) >= 11 is 0. The quantitative estimate of drug-likeness (QED) is 0.811. The third-order valence-electron chi connectivity index (χ3n) is 4.43. The van der Waals surface area contributed by atoms with Gasteiger partial charge >= 0.3 is 0 Å². The van der Waals surface area contributed by atoms with Gasteiger partial charge in [0.25, 0.3) is 0 Å². The second kappa shape index (κ2) is 4.33. The van der Waals surface area contributed by atoms with E-state index in [0.29, 0.717) is 13.1 Å². The van der Waals surface area contributed by atoms with Crippen molar-refractivity contribution < 1.29 is 8.42 Å². The molecule has 0 saturated carbocycles. The summed E-state index contributed by atoms with van der Waals surface area (Å²) in [6.07, 6.45) is 4.38. The number of sulfonamides is 1. The van der Waals surface area contributed by atoms with E-state index < -0.39 is 10.0 Å². The van der Waals surface area contributed by atoms with Crippen molar-refractivity contribution in [3.63, 3.8) is 0 Å². The van der Waals surface area contributed by atoms with Crippen LogP contribution < -0.4 is 0 Å². The molecule has 0 amide bonds. The molecule has 0 N–H and O–H groups in total. The molecule has 2 saturated heterocycles. The molecule has 1 aromatic heterocycles. The number of aromatic nitrogens is 1. The van der Waals surface area contributed by atoms with Gasteiger partial charge in [-0.1, -0.05) is 0 Å². The highest BCUT2D eigenvalue weighted by Crippen LogP contribution is 2.40. The molecule has 2 aliphatic heterocycles. The summed E-state index contributed by atoms with van der Waals surface area (Å²) in [5.41, 5.74) is 1.53. The van der Waals surface area contributed by atoms with Crippen LogP contribution in [-0.4, -0.2) is 54.6 Å². The molecule has 2 aliphatic rings. The van der Waals surface area contributed by atoms with Crippen LogP contribution in [0.1, 0.15) is 12.1 Å². The van der Waals surface area contributed by atoms with Crippen LogP contribution in [0.4, 0.5) is 0 Å². The Labute approximate surface area is 114 Å². The van der Waals surface area contributed by atoms with Crippen LogP contribution in [0.15, 0.2) is 18.3 Å². The minimum absolute atomic E-state index is 0.217. The van der Waals surface area contributed by atoms with Crippen molar-refractivity contribution >= 4 is 10.0 Å². The molecular formula is C13H21N3O2S. The van der Waals surface area contributed by atoms with E-state index in [4.69, 9.17) is 0 Å². The summed E-state index contributed by atoms with van der Waals surface area (Å²) in [7, 11) is -0.952. The van der Waals surface area contributed by atoms with Crippen LogP contribution in [0.5, 0.6) is 0 Å². The molecule has 0 bridgehead atoms. The molecule has 6 heteroatoms. The largest absolute Gasteiger partial charge is 0.353 e. The molecule has 0 unspecified atom stereocenters. The van der Waals surface area contributed by atoms with Gasteiger partial charge in [0, 0.05) is 57.1 Å². The Balaban J connectivity index is 1.57. The van der Waals surface area contributed by atoms with Gasteiger partial charge in [0.15, 0.2) is 0 Å². The van der Waals surface area contributed by atoms with Crippen molar-refractivity contribution in [2.24, 2.45) is 12.5 Å².